The Morgan fingerprint density at radius 1 is 0.875 bits per heavy atom. The molecular formula is C25H25NO6. The topological polar surface area (TPSA) is 83.1 Å². The largest absolute Gasteiger partial charge is 0.493 e. The summed E-state index contributed by atoms with van der Waals surface area (Å²) in [6.07, 6.45) is -0.996. The maximum atomic E-state index is 12.4. The van der Waals surface area contributed by atoms with Crippen LogP contribution in [0.1, 0.15) is 22.8 Å². The molecule has 1 atom stereocenters. The molecule has 32 heavy (non-hydrogen) atoms. The van der Waals surface area contributed by atoms with Gasteiger partial charge in [0, 0.05) is 5.69 Å². The molecule has 0 saturated carbocycles. The lowest BCUT2D eigenvalue weighted by Crippen LogP contribution is -2.30. The van der Waals surface area contributed by atoms with Crippen LogP contribution in [-0.4, -0.2) is 32.2 Å². The number of anilines is 1. The van der Waals surface area contributed by atoms with E-state index in [9.17, 15) is 9.59 Å². The average molecular weight is 435 g/mol. The van der Waals surface area contributed by atoms with E-state index in [1.54, 1.807) is 36.4 Å². The van der Waals surface area contributed by atoms with E-state index in [1.165, 1.54) is 27.2 Å². The maximum Gasteiger partial charge on any atom is 0.339 e. The number of methoxy groups -OCH3 is 2. The molecule has 0 spiro atoms. The van der Waals surface area contributed by atoms with Crippen molar-refractivity contribution in [2.24, 2.45) is 0 Å². The Hall–Kier alpha value is -4.00. The van der Waals surface area contributed by atoms with Gasteiger partial charge in [0.05, 0.1) is 19.8 Å². The van der Waals surface area contributed by atoms with Crippen molar-refractivity contribution in [2.45, 2.75) is 19.6 Å². The minimum absolute atomic E-state index is 0.252. The fourth-order valence-corrected chi connectivity index (χ4v) is 2.86. The Bertz CT molecular complexity index is 1050. The highest BCUT2D eigenvalue weighted by atomic mass is 16.5. The molecule has 7 nitrogen and oxygen atoms in total. The molecule has 3 aromatic rings. The van der Waals surface area contributed by atoms with Crippen LogP contribution >= 0.6 is 0 Å². The van der Waals surface area contributed by atoms with Gasteiger partial charge in [-0.1, -0.05) is 30.3 Å². The highest BCUT2D eigenvalue weighted by Gasteiger charge is 2.20. The number of amides is 1. The third-order valence-corrected chi connectivity index (χ3v) is 4.64. The molecule has 0 aliphatic carbocycles. The molecule has 7 heteroatoms. The molecule has 0 saturated heterocycles. The lowest BCUT2D eigenvalue weighted by atomic mass is 10.2. The van der Waals surface area contributed by atoms with E-state index in [2.05, 4.69) is 5.32 Å². The second-order valence-electron chi connectivity index (χ2n) is 6.91. The fourth-order valence-electron chi connectivity index (χ4n) is 2.86. The Morgan fingerprint density at radius 3 is 2.22 bits per heavy atom. The summed E-state index contributed by atoms with van der Waals surface area (Å²) in [5.41, 5.74) is 1.88. The van der Waals surface area contributed by atoms with Crippen molar-refractivity contribution in [3.8, 4) is 17.2 Å². The summed E-state index contributed by atoms with van der Waals surface area (Å²) < 4.78 is 21.4. The van der Waals surface area contributed by atoms with Crippen LogP contribution in [0, 0.1) is 0 Å². The highest BCUT2D eigenvalue weighted by molar-refractivity contribution is 5.97. The molecule has 0 heterocycles. The minimum atomic E-state index is -0.996. The zero-order valence-corrected chi connectivity index (χ0v) is 18.2. The number of esters is 1. The average Bonchev–Trinajstić information content (AvgIpc) is 2.83. The first-order valence-electron chi connectivity index (χ1n) is 10.0. The van der Waals surface area contributed by atoms with E-state index >= 15 is 0 Å². The SMILES string of the molecule is COc1ccc(C(=O)OC(C)C(=O)Nc2ccc(OCc3ccccc3)cc2)cc1OC. The zero-order chi connectivity index (χ0) is 22.9. The van der Waals surface area contributed by atoms with Gasteiger partial charge >= 0.3 is 5.97 Å². The van der Waals surface area contributed by atoms with Crippen LogP contribution in [0.3, 0.4) is 0 Å². The molecule has 1 N–H and O–H groups in total. The smallest absolute Gasteiger partial charge is 0.339 e. The summed E-state index contributed by atoms with van der Waals surface area (Å²) in [4.78, 5) is 24.8. The molecular weight excluding hydrogens is 410 g/mol. The van der Waals surface area contributed by atoms with Crippen molar-refractivity contribution in [1.29, 1.82) is 0 Å². The summed E-state index contributed by atoms with van der Waals surface area (Å²) in [7, 11) is 2.98. The number of hydrogen-bond acceptors (Lipinski definition) is 6. The fraction of sp³-hybridized carbons (Fsp3) is 0.200. The molecule has 166 valence electrons. The number of hydrogen-bond donors (Lipinski definition) is 1. The molecule has 0 radical (unpaired) electrons. The zero-order valence-electron chi connectivity index (χ0n) is 18.2. The van der Waals surface area contributed by atoms with Gasteiger partial charge in [-0.05, 0) is 55.0 Å². The highest BCUT2D eigenvalue weighted by Crippen LogP contribution is 2.28. The summed E-state index contributed by atoms with van der Waals surface area (Å²) in [6.45, 7) is 1.96. The van der Waals surface area contributed by atoms with Crippen molar-refractivity contribution in [3.05, 3.63) is 83.9 Å². The number of carbonyl (C=O) groups excluding carboxylic acids is 2. The lowest BCUT2D eigenvalue weighted by Gasteiger charge is -2.15. The minimum Gasteiger partial charge on any atom is -0.493 e. The third-order valence-electron chi connectivity index (χ3n) is 4.64. The van der Waals surface area contributed by atoms with Gasteiger partial charge in [-0.15, -0.1) is 0 Å². The Kier molecular flexibility index (Phi) is 7.70. The van der Waals surface area contributed by atoms with Gasteiger partial charge in [0.2, 0.25) is 0 Å². The number of rotatable bonds is 9. The van der Waals surface area contributed by atoms with Crippen molar-refractivity contribution in [1.82, 2.24) is 0 Å². The van der Waals surface area contributed by atoms with Crippen molar-refractivity contribution < 1.29 is 28.5 Å². The van der Waals surface area contributed by atoms with Crippen molar-refractivity contribution in [3.63, 3.8) is 0 Å². The quantitative estimate of drug-likeness (QED) is 0.500. The predicted molar refractivity (Wildman–Crippen MR) is 120 cm³/mol. The molecule has 0 aliphatic heterocycles. The van der Waals surface area contributed by atoms with E-state index in [0.717, 1.165) is 5.56 Å². The van der Waals surface area contributed by atoms with Gasteiger partial charge in [-0.2, -0.15) is 0 Å². The van der Waals surface area contributed by atoms with Crippen LogP contribution in [0.4, 0.5) is 5.69 Å². The van der Waals surface area contributed by atoms with Crippen molar-refractivity contribution in [2.75, 3.05) is 19.5 Å². The molecule has 1 amide bonds. The van der Waals surface area contributed by atoms with Crippen LogP contribution in [-0.2, 0) is 16.1 Å². The summed E-state index contributed by atoms with van der Waals surface area (Å²) in [5.74, 6) is 0.481. The normalized spacial score (nSPS) is 11.2. The van der Waals surface area contributed by atoms with E-state index in [-0.39, 0.29) is 5.56 Å². The molecule has 3 rings (SSSR count). The van der Waals surface area contributed by atoms with E-state index < -0.39 is 18.0 Å². The van der Waals surface area contributed by atoms with Crippen LogP contribution < -0.4 is 19.5 Å². The number of ether oxygens (including phenoxy) is 4. The maximum absolute atomic E-state index is 12.4. The lowest BCUT2D eigenvalue weighted by molar-refractivity contribution is -0.123. The molecule has 3 aromatic carbocycles. The van der Waals surface area contributed by atoms with Gasteiger partial charge in [-0.25, -0.2) is 4.79 Å². The van der Waals surface area contributed by atoms with E-state index in [1.807, 2.05) is 30.3 Å². The monoisotopic (exact) mass is 435 g/mol. The van der Waals surface area contributed by atoms with Crippen LogP contribution in [0.5, 0.6) is 17.2 Å². The summed E-state index contributed by atoms with van der Waals surface area (Å²) >= 11 is 0. The standard InChI is InChI=1S/C25H25NO6/c1-17(32-25(28)19-9-14-22(29-2)23(15-19)30-3)24(27)26-20-10-12-21(13-11-20)31-16-18-7-5-4-6-8-18/h4-15,17H,16H2,1-3H3,(H,26,27). The molecule has 1 unspecified atom stereocenters. The Morgan fingerprint density at radius 2 is 1.56 bits per heavy atom. The van der Waals surface area contributed by atoms with E-state index in [0.29, 0.717) is 29.5 Å². The van der Waals surface area contributed by atoms with Gasteiger partial charge < -0.3 is 24.3 Å². The van der Waals surface area contributed by atoms with E-state index in [4.69, 9.17) is 18.9 Å². The van der Waals surface area contributed by atoms with Crippen molar-refractivity contribution >= 4 is 17.6 Å². The Balaban J connectivity index is 1.53. The molecule has 0 aromatic heterocycles. The summed E-state index contributed by atoms with van der Waals surface area (Å²) in [6, 6.07) is 21.4. The molecule has 0 fully saturated rings. The molecule has 0 aliphatic rings. The third kappa shape index (κ3) is 6.01. The molecule has 0 bridgehead atoms. The van der Waals surface area contributed by atoms with Crippen LogP contribution in [0.15, 0.2) is 72.8 Å². The number of nitrogens with one attached hydrogen (secondary N) is 1. The second kappa shape index (κ2) is 10.9. The van der Waals surface area contributed by atoms with Crippen LogP contribution in [0.2, 0.25) is 0 Å². The number of carbonyl (C=O) groups is 2. The number of benzene rings is 3. The Labute approximate surface area is 186 Å². The van der Waals surface area contributed by atoms with Crippen LogP contribution in [0.25, 0.3) is 0 Å². The summed E-state index contributed by atoms with van der Waals surface area (Å²) in [5, 5.41) is 2.72. The van der Waals surface area contributed by atoms with Gasteiger partial charge in [0.25, 0.3) is 5.91 Å². The van der Waals surface area contributed by atoms with Gasteiger partial charge in [-0.3, -0.25) is 4.79 Å². The predicted octanol–water partition coefficient (Wildman–Crippen LogP) is 4.47. The van der Waals surface area contributed by atoms with Gasteiger partial charge in [0.15, 0.2) is 17.6 Å². The first-order valence-corrected chi connectivity index (χ1v) is 10.0. The first kappa shape index (κ1) is 22.7. The first-order chi connectivity index (χ1) is 15.5. The van der Waals surface area contributed by atoms with Gasteiger partial charge in [0.1, 0.15) is 12.4 Å². The second-order valence-corrected chi connectivity index (χ2v) is 6.91.